The fourth-order valence-corrected chi connectivity index (χ4v) is 2.36. The first-order chi connectivity index (χ1) is 11.7. The highest BCUT2D eigenvalue weighted by molar-refractivity contribution is 9.10. The van der Waals surface area contributed by atoms with Crippen molar-refractivity contribution in [3.05, 3.63) is 57.3 Å². The average Bonchev–Trinajstić information content (AvgIpc) is 2.54. The molecule has 132 valence electrons. The molecule has 0 atom stereocenters. The Labute approximate surface area is 153 Å². The molecule has 0 radical (unpaired) electrons. The predicted molar refractivity (Wildman–Crippen MR) is 89.7 cm³/mol. The van der Waals surface area contributed by atoms with Gasteiger partial charge < -0.3 is 10.6 Å². The summed E-state index contributed by atoms with van der Waals surface area (Å²) in [5.41, 5.74) is -0.0241. The minimum absolute atomic E-state index is 0.0431. The standard InChI is InChI=1S/C15H10BrClF3N3O2/c16-8-5-10(12(17)21-6-8)14(25)23-11-4-2-1-3-9(11)13(24)22-7-15(18,19)20/h1-6H,7H2,(H,22,24)(H,23,25). The molecule has 1 aromatic carbocycles. The first-order valence-electron chi connectivity index (χ1n) is 6.74. The van der Waals surface area contributed by atoms with Crippen molar-refractivity contribution in [3.63, 3.8) is 0 Å². The van der Waals surface area contributed by atoms with Gasteiger partial charge in [0.1, 0.15) is 11.7 Å². The van der Waals surface area contributed by atoms with Gasteiger partial charge >= 0.3 is 6.18 Å². The quantitative estimate of drug-likeness (QED) is 0.711. The number of benzene rings is 1. The Kier molecular flexibility index (Phi) is 6.02. The Morgan fingerprint density at radius 1 is 1.16 bits per heavy atom. The van der Waals surface area contributed by atoms with Crippen LogP contribution in [0.1, 0.15) is 20.7 Å². The third-order valence-corrected chi connectivity index (χ3v) is 3.65. The molecule has 0 unspecified atom stereocenters. The number of hydrogen-bond acceptors (Lipinski definition) is 3. The maximum Gasteiger partial charge on any atom is 0.405 e. The monoisotopic (exact) mass is 435 g/mol. The van der Waals surface area contributed by atoms with E-state index in [1.165, 1.54) is 36.5 Å². The highest BCUT2D eigenvalue weighted by Crippen LogP contribution is 2.22. The van der Waals surface area contributed by atoms with Crippen molar-refractivity contribution >= 4 is 45.0 Å². The summed E-state index contributed by atoms with van der Waals surface area (Å²) in [4.78, 5) is 28.1. The van der Waals surface area contributed by atoms with Crippen molar-refractivity contribution < 1.29 is 22.8 Å². The molecule has 0 aliphatic rings. The van der Waals surface area contributed by atoms with Gasteiger partial charge in [-0.15, -0.1) is 0 Å². The molecule has 10 heteroatoms. The zero-order chi connectivity index (χ0) is 18.6. The molecule has 0 saturated carbocycles. The molecule has 2 amide bonds. The predicted octanol–water partition coefficient (Wildman–Crippen LogP) is 4.04. The zero-order valence-electron chi connectivity index (χ0n) is 12.3. The molecule has 1 aromatic heterocycles. The lowest BCUT2D eigenvalue weighted by molar-refractivity contribution is -0.123. The topological polar surface area (TPSA) is 71.1 Å². The van der Waals surface area contributed by atoms with Crippen LogP contribution in [-0.2, 0) is 0 Å². The first kappa shape index (κ1) is 19.2. The third-order valence-electron chi connectivity index (χ3n) is 2.92. The van der Waals surface area contributed by atoms with Crippen molar-refractivity contribution in [2.45, 2.75) is 6.18 Å². The van der Waals surface area contributed by atoms with Crippen LogP contribution in [0.2, 0.25) is 5.15 Å². The largest absolute Gasteiger partial charge is 0.405 e. The van der Waals surface area contributed by atoms with Gasteiger partial charge in [0.15, 0.2) is 0 Å². The molecule has 25 heavy (non-hydrogen) atoms. The van der Waals surface area contributed by atoms with Crippen LogP contribution in [-0.4, -0.2) is 29.5 Å². The number of pyridine rings is 1. The van der Waals surface area contributed by atoms with E-state index in [9.17, 15) is 22.8 Å². The van der Waals surface area contributed by atoms with Gasteiger partial charge in [-0.05, 0) is 34.1 Å². The van der Waals surface area contributed by atoms with Crippen LogP contribution in [0, 0.1) is 0 Å². The van der Waals surface area contributed by atoms with E-state index in [0.29, 0.717) is 4.47 Å². The fraction of sp³-hybridized carbons (Fsp3) is 0.133. The van der Waals surface area contributed by atoms with E-state index in [1.54, 1.807) is 5.32 Å². The molecule has 0 aliphatic heterocycles. The summed E-state index contributed by atoms with van der Waals surface area (Å²) in [6, 6.07) is 7.10. The highest BCUT2D eigenvalue weighted by Gasteiger charge is 2.28. The summed E-state index contributed by atoms with van der Waals surface area (Å²) in [6.07, 6.45) is -3.14. The number of alkyl halides is 3. The van der Waals surface area contributed by atoms with Gasteiger partial charge in [-0.1, -0.05) is 23.7 Å². The van der Waals surface area contributed by atoms with Crippen molar-refractivity contribution in [2.75, 3.05) is 11.9 Å². The molecule has 1 heterocycles. The number of para-hydroxylation sites is 1. The molecule has 2 N–H and O–H groups in total. The summed E-state index contributed by atoms with van der Waals surface area (Å²) in [7, 11) is 0. The average molecular weight is 437 g/mol. The molecular formula is C15H10BrClF3N3O2. The van der Waals surface area contributed by atoms with E-state index in [0.717, 1.165) is 0 Å². The zero-order valence-corrected chi connectivity index (χ0v) is 14.7. The van der Waals surface area contributed by atoms with E-state index in [1.807, 2.05) is 0 Å². The Morgan fingerprint density at radius 2 is 1.84 bits per heavy atom. The number of carbonyl (C=O) groups excluding carboxylic acids is 2. The summed E-state index contributed by atoms with van der Waals surface area (Å²) in [5, 5.41) is 4.14. The number of halogens is 5. The summed E-state index contributed by atoms with van der Waals surface area (Å²) < 4.78 is 37.2. The van der Waals surface area contributed by atoms with E-state index < -0.39 is 24.5 Å². The van der Waals surface area contributed by atoms with Gasteiger partial charge in [0.2, 0.25) is 0 Å². The lowest BCUT2D eigenvalue weighted by atomic mass is 10.1. The maximum absolute atomic E-state index is 12.3. The van der Waals surface area contributed by atoms with Crippen molar-refractivity contribution in [1.29, 1.82) is 0 Å². The van der Waals surface area contributed by atoms with Gasteiger partial charge in [0, 0.05) is 10.7 Å². The van der Waals surface area contributed by atoms with Crippen molar-refractivity contribution in [3.8, 4) is 0 Å². The second-order valence-electron chi connectivity index (χ2n) is 4.79. The first-order valence-corrected chi connectivity index (χ1v) is 7.91. The van der Waals surface area contributed by atoms with Crippen LogP contribution in [0.3, 0.4) is 0 Å². The van der Waals surface area contributed by atoms with E-state index in [4.69, 9.17) is 11.6 Å². The Hall–Kier alpha value is -2.13. The van der Waals surface area contributed by atoms with Gasteiger partial charge in [-0.25, -0.2) is 4.98 Å². The molecule has 2 aromatic rings. The minimum Gasteiger partial charge on any atom is -0.343 e. The second kappa shape index (κ2) is 7.83. The van der Waals surface area contributed by atoms with E-state index in [-0.39, 0.29) is 22.0 Å². The molecular weight excluding hydrogens is 427 g/mol. The molecule has 2 rings (SSSR count). The van der Waals surface area contributed by atoms with Crippen LogP contribution in [0.15, 0.2) is 41.0 Å². The van der Waals surface area contributed by atoms with Crippen LogP contribution in [0.5, 0.6) is 0 Å². The minimum atomic E-state index is -4.54. The van der Waals surface area contributed by atoms with Gasteiger partial charge in [-0.2, -0.15) is 13.2 Å². The Bertz CT molecular complexity index is 815. The number of aromatic nitrogens is 1. The number of amides is 2. The highest BCUT2D eigenvalue weighted by atomic mass is 79.9. The van der Waals surface area contributed by atoms with Crippen molar-refractivity contribution in [1.82, 2.24) is 10.3 Å². The summed E-state index contributed by atoms with van der Waals surface area (Å²) in [6.45, 7) is -1.48. The normalized spacial score (nSPS) is 11.1. The number of anilines is 1. The number of nitrogens with one attached hydrogen (secondary N) is 2. The number of carbonyl (C=O) groups is 2. The van der Waals surface area contributed by atoms with Gasteiger partial charge in [0.25, 0.3) is 11.8 Å². The molecule has 0 fully saturated rings. The van der Waals surface area contributed by atoms with Crippen LogP contribution < -0.4 is 10.6 Å². The third kappa shape index (κ3) is 5.43. The fourth-order valence-electron chi connectivity index (χ4n) is 1.84. The van der Waals surface area contributed by atoms with Crippen LogP contribution >= 0.6 is 27.5 Å². The van der Waals surface area contributed by atoms with Gasteiger partial charge in [-0.3, -0.25) is 9.59 Å². The molecule has 0 spiro atoms. The molecule has 0 aliphatic carbocycles. The number of hydrogen-bond donors (Lipinski definition) is 2. The molecule has 5 nitrogen and oxygen atoms in total. The lowest BCUT2D eigenvalue weighted by Gasteiger charge is -2.13. The number of rotatable bonds is 4. The number of nitrogens with zero attached hydrogens (tertiary/aromatic N) is 1. The Morgan fingerprint density at radius 3 is 2.52 bits per heavy atom. The molecule has 0 saturated heterocycles. The summed E-state index contributed by atoms with van der Waals surface area (Å²) in [5.74, 6) is -1.62. The van der Waals surface area contributed by atoms with E-state index in [2.05, 4.69) is 26.2 Å². The summed E-state index contributed by atoms with van der Waals surface area (Å²) >= 11 is 9.02. The van der Waals surface area contributed by atoms with Crippen LogP contribution in [0.4, 0.5) is 18.9 Å². The second-order valence-corrected chi connectivity index (χ2v) is 6.06. The maximum atomic E-state index is 12.3. The van der Waals surface area contributed by atoms with E-state index >= 15 is 0 Å². The Balaban J connectivity index is 2.21. The lowest BCUT2D eigenvalue weighted by Crippen LogP contribution is -2.34. The molecule has 0 bridgehead atoms. The smallest absolute Gasteiger partial charge is 0.343 e. The SMILES string of the molecule is O=C(NCC(F)(F)F)c1ccccc1NC(=O)c1cc(Br)cnc1Cl. The van der Waals surface area contributed by atoms with Crippen molar-refractivity contribution in [2.24, 2.45) is 0 Å². The van der Waals surface area contributed by atoms with Gasteiger partial charge in [0.05, 0.1) is 16.8 Å². The van der Waals surface area contributed by atoms with Crippen LogP contribution in [0.25, 0.3) is 0 Å².